The van der Waals surface area contributed by atoms with E-state index in [9.17, 15) is 14.0 Å². The molecule has 0 amide bonds. The number of nitrogens with two attached hydrogens (primary N) is 1. The summed E-state index contributed by atoms with van der Waals surface area (Å²) >= 11 is 0. The number of allylic oxidation sites excluding steroid dienone is 1. The fraction of sp³-hybridized carbons (Fsp3) is 0.200. The molecule has 2 N–H and O–H groups in total. The minimum Gasteiger partial charge on any atom is -0.435 e. The van der Waals surface area contributed by atoms with E-state index >= 15 is 0 Å². The summed E-state index contributed by atoms with van der Waals surface area (Å²) in [6.45, 7) is -2.93. The van der Waals surface area contributed by atoms with Gasteiger partial charge in [-0.2, -0.15) is 29.0 Å². The summed E-state index contributed by atoms with van der Waals surface area (Å²) in [6.07, 6.45) is 1.45. The Hall–Kier alpha value is -3.28. The predicted octanol–water partition coefficient (Wildman–Crippen LogP) is 2.19. The lowest BCUT2D eigenvalue weighted by Crippen LogP contribution is -2.15. The van der Waals surface area contributed by atoms with Crippen molar-refractivity contribution < 1.29 is 13.5 Å². The van der Waals surface area contributed by atoms with Crippen molar-refractivity contribution in [3.63, 3.8) is 0 Å². The predicted molar refractivity (Wildman–Crippen MR) is 85.1 cm³/mol. The molecule has 0 radical (unpaired) electrons. The summed E-state index contributed by atoms with van der Waals surface area (Å²) in [6, 6.07) is 7.90. The second-order valence-electron chi connectivity index (χ2n) is 4.83. The lowest BCUT2D eigenvalue weighted by Gasteiger charge is -2.11. The molecule has 24 heavy (non-hydrogen) atoms. The van der Waals surface area contributed by atoms with Crippen molar-refractivity contribution in [3.05, 3.63) is 35.7 Å². The van der Waals surface area contributed by atoms with Gasteiger partial charge in [-0.3, -0.25) is 0 Å². The van der Waals surface area contributed by atoms with Gasteiger partial charge in [-0.05, 0) is 23.8 Å². The first-order chi connectivity index (χ1) is 11.4. The number of benzene rings is 1. The van der Waals surface area contributed by atoms with Crippen LogP contribution in [0.2, 0.25) is 0 Å². The Kier molecular flexibility index (Phi) is 5.21. The number of alkyl halides is 2. The molecular weight excluding hydrogens is 318 g/mol. The third-order valence-electron chi connectivity index (χ3n) is 2.80. The number of halogens is 2. The molecule has 2 rings (SSSR count). The summed E-state index contributed by atoms with van der Waals surface area (Å²) in [7, 11) is 3.44. The van der Waals surface area contributed by atoms with E-state index in [1.807, 2.05) is 6.07 Å². The van der Waals surface area contributed by atoms with Crippen molar-refractivity contribution in [3.8, 4) is 11.8 Å². The summed E-state index contributed by atoms with van der Waals surface area (Å²) in [5.41, 5.74) is 6.23. The molecule has 1 aromatic heterocycles. The second-order valence-corrected chi connectivity index (χ2v) is 4.83. The molecule has 0 aliphatic carbocycles. The van der Waals surface area contributed by atoms with Crippen LogP contribution in [0.1, 0.15) is 11.4 Å². The largest absolute Gasteiger partial charge is 0.435 e. The van der Waals surface area contributed by atoms with Crippen molar-refractivity contribution in [1.82, 2.24) is 15.0 Å². The van der Waals surface area contributed by atoms with Crippen LogP contribution < -0.4 is 15.4 Å². The van der Waals surface area contributed by atoms with E-state index in [4.69, 9.17) is 5.73 Å². The number of rotatable bonds is 5. The van der Waals surface area contributed by atoms with Gasteiger partial charge < -0.3 is 15.4 Å². The number of nitrogens with zero attached hydrogens (tertiary/aromatic N) is 5. The third-order valence-corrected chi connectivity index (χ3v) is 2.80. The quantitative estimate of drug-likeness (QED) is 0.837. The maximum absolute atomic E-state index is 12.3. The van der Waals surface area contributed by atoms with Crippen LogP contribution in [0.25, 0.3) is 11.6 Å². The first kappa shape index (κ1) is 17.1. The molecular formula is C15H14F2N6O. The molecule has 0 atom stereocenters. The Labute approximate surface area is 137 Å². The fourth-order valence-corrected chi connectivity index (χ4v) is 1.80. The van der Waals surface area contributed by atoms with Crippen molar-refractivity contribution in [2.75, 3.05) is 24.7 Å². The first-order valence-electron chi connectivity index (χ1n) is 6.75. The summed E-state index contributed by atoms with van der Waals surface area (Å²) in [5, 5.41) is 9.35. The molecule has 0 aliphatic rings. The van der Waals surface area contributed by atoms with Crippen LogP contribution in [0.3, 0.4) is 0 Å². The monoisotopic (exact) mass is 332 g/mol. The number of nitrogen functional groups attached to an aromatic ring is 1. The molecule has 124 valence electrons. The van der Waals surface area contributed by atoms with E-state index in [1.165, 1.54) is 24.3 Å². The molecule has 0 aliphatic heterocycles. The molecule has 2 aromatic rings. The van der Waals surface area contributed by atoms with Crippen LogP contribution >= 0.6 is 0 Å². The molecule has 1 aromatic carbocycles. The van der Waals surface area contributed by atoms with Crippen molar-refractivity contribution in [2.24, 2.45) is 0 Å². The topological polar surface area (TPSA) is 101 Å². The second kappa shape index (κ2) is 7.32. The average molecular weight is 332 g/mol. The van der Waals surface area contributed by atoms with Crippen LogP contribution in [-0.4, -0.2) is 35.7 Å². The Morgan fingerprint density at radius 3 is 2.71 bits per heavy atom. The molecule has 0 bridgehead atoms. The average Bonchev–Trinajstić information content (AvgIpc) is 2.51. The van der Waals surface area contributed by atoms with E-state index < -0.39 is 6.61 Å². The molecule has 9 heteroatoms. The molecule has 0 saturated heterocycles. The first-order valence-corrected chi connectivity index (χ1v) is 6.75. The zero-order valence-electron chi connectivity index (χ0n) is 12.9. The number of aromatic nitrogens is 3. The minimum atomic E-state index is -2.93. The van der Waals surface area contributed by atoms with Gasteiger partial charge in [-0.15, -0.1) is 0 Å². The zero-order valence-corrected chi connectivity index (χ0v) is 12.9. The molecule has 7 nitrogen and oxygen atoms in total. The van der Waals surface area contributed by atoms with Gasteiger partial charge in [0.1, 0.15) is 11.8 Å². The van der Waals surface area contributed by atoms with Crippen molar-refractivity contribution in [1.29, 1.82) is 5.26 Å². The van der Waals surface area contributed by atoms with E-state index in [0.717, 1.165) is 0 Å². The maximum atomic E-state index is 12.3. The van der Waals surface area contributed by atoms with Crippen LogP contribution in [0, 0.1) is 11.3 Å². The van der Waals surface area contributed by atoms with Crippen molar-refractivity contribution >= 4 is 23.5 Å². The van der Waals surface area contributed by atoms with Crippen LogP contribution in [-0.2, 0) is 0 Å². The van der Waals surface area contributed by atoms with Crippen LogP contribution in [0.4, 0.5) is 20.7 Å². The van der Waals surface area contributed by atoms with Gasteiger partial charge in [0.25, 0.3) is 0 Å². The van der Waals surface area contributed by atoms with Gasteiger partial charge in [-0.25, -0.2) is 0 Å². The maximum Gasteiger partial charge on any atom is 0.387 e. The van der Waals surface area contributed by atoms with Crippen LogP contribution in [0.15, 0.2) is 24.3 Å². The molecule has 0 spiro atoms. The van der Waals surface area contributed by atoms with Gasteiger partial charge in [0, 0.05) is 14.1 Å². The number of hydrogen-bond acceptors (Lipinski definition) is 7. The standard InChI is InChI=1S/C15H14F2N6O/c1-23(2)15-21-12(20-14(19)22-15)10(8-18)6-9-4-3-5-11(7-9)24-13(16)17/h3-7,13H,1-2H3,(H2,19,20,21,22)/b10-6+. The summed E-state index contributed by atoms with van der Waals surface area (Å²) in [5.74, 6) is 0.349. The molecule has 0 saturated carbocycles. The Bertz CT molecular complexity index is 801. The minimum absolute atomic E-state index is 0.0137. The van der Waals surface area contributed by atoms with E-state index in [0.29, 0.717) is 11.5 Å². The summed E-state index contributed by atoms with van der Waals surface area (Å²) < 4.78 is 28.9. The molecule has 0 unspecified atom stereocenters. The number of nitriles is 1. The van der Waals surface area contributed by atoms with E-state index in [2.05, 4.69) is 19.7 Å². The highest BCUT2D eigenvalue weighted by atomic mass is 19.3. The lowest BCUT2D eigenvalue weighted by molar-refractivity contribution is -0.0498. The number of anilines is 2. The normalized spacial score (nSPS) is 11.2. The highest BCUT2D eigenvalue weighted by Crippen LogP contribution is 2.21. The smallest absolute Gasteiger partial charge is 0.387 e. The Morgan fingerprint density at radius 1 is 1.33 bits per heavy atom. The zero-order chi connectivity index (χ0) is 17.7. The third kappa shape index (κ3) is 4.36. The van der Waals surface area contributed by atoms with Crippen molar-refractivity contribution in [2.45, 2.75) is 6.61 Å². The van der Waals surface area contributed by atoms with Gasteiger partial charge in [-0.1, -0.05) is 12.1 Å². The number of ether oxygens (including phenoxy) is 1. The highest BCUT2D eigenvalue weighted by molar-refractivity contribution is 5.87. The Balaban J connectivity index is 2.42. The Morgan fingerprint density at radius 2 is 2.08 bits per heavy atom. The summed E-state index contributed by atoms with van der Waals surface area (Å²) in [4.78, 5) is 13.7. The molecule has 0 fully saturated rings. The van der Waals surface area contributed by atoms with Crippen LogP contribution in [0.5, 0.6) is 5.75 Å². The van der Waals surface area contributed by atoms with Gasteiger partial charge in [0.15, 0.2) is 5.82 Å². The van der Waals surface area contributed by atoms with Gasteiger partial charge >= 0.3 is 6.61 Å². The highest BCUT2D eigenvalue weighted by Gasteiger charge is 2.11. The fourth-order valence-electron chi connectivity index (χ4n) is 1.80. The van der Waals surface area contributed by atoms with Gasteiger partial charge in [0.05, 0.1) is 5.57 Å². The molecule has 1 heterocycles. The lowest BCUT2D eigenvalue weighted by atomic mass is 10.1. The van der Waals surface area contributed by atoms with Gasteiger partial charge in [0.2, 0.25) is 11.9 Å². The number of hydrogen-bond donors (Lipinski definition) is 1. The van der Waals surface area contributed by atoms with E-state index in [1.54, 1.807) is 25.1 Å². The van der Waals surface area contributed by atoms with E-state index in [-0.39, 0.29) is 23.1 Å². The SMILES string of the molecule is CN(C)c1nc(N)nc(/C(C#N)=C/c2cccc(OC(F)F)c2)n1.